The van der Waals surface area contributed by atoms with Gasteiger partial charge < -0.3 is 9.47 Å². The Bertz CT molecular complexity index is 376. The van der Waals surface area contributed by atoms with Crippen LogP contribution in [0.25, 0.3) is 0 Å². The number of hydrogen-bond donors (Lipinski definition) is 0. The molecular formula is C19H32O4. The highest BCUT2D eigenvalue weighted by Crippen LogP contribution is 2.28. The van der Waals surface area contributed by atoms with Gasteiger partial charge in [-0.1, -0.05) is 45.4 Å². The number of carbonyl (C=O) groups excluding carboxylic acids is 2. The molecule has 2 unspecified atom stereocenters. The maximum Gasteiger partial charge on any atom is 0.305 e. The maximum atomic E-state index is 11.6. The Morgan fingerprint density at radius 3 is 2.43 bits per heavy atom. The highest BCUT2D eigenvalue weighted by atomic mass is 16.6. The molecule has 132 valence electrons. The average Bonchev–Trinajstić information content (AvgIpc) is 3.30. The van der Waals surface area contributed by atoms with Gasteiger partial charge in [-0.05, 0) is 31.4 Å². The lowest BCUT2D eigenvalue weighted by Crippen LogP contribution is -1.99. The first-order valence-corrected chi connectivity index (χ1v) is 9.10. The zero-order valence-electron chi connectivity index (χ0n) is 14.7. The predicted molar refractivity (Wildman–Crippen MR) is 91.3 cm³/mol. The summed E-state index contributed by atoms with van der Waals surface area (Å²) < 4.78 is 10.2. The molecule has 0 aromatic rings. The summed E-state index contributed by atoms with van der Waals surface area (Å²) in [6.07, 6.45) is 15.1. The van der Waals surface area contributed by atoms with Gasteiger partial charge in [0.2, 0.25) is 0 Å². The van der Waals surface area contributed by atoms with Crippen LogP contribution in [0.1, 0.15) is 77.6 Å². The van der Waals surface area contributed by atoms with Crippen LogP contribution in [0.15, 0.2) is 12.2 Å². The molecule has 1 saturated heterocycles. The summed E-state index contributed by atoms with van der Waals surface area (Å²) in [5.41, 5.74) is 0. The lowest BCUT2D eigenvalue weighted by molar-refractivity contribution is -0.140. The summed E-state index contributed by atoms with van der Waals surface area (Å²) in [7, 11) is 1.43. The van der Waals surface area contributed by atoms with Crippen molar-refractivity contribution in [2.45, 2.75) is 89.8 Å². The Labute approximate surface area is 140 Å². The standard InChI is InChI=1S/C19H32O4/c1-3-4-8-11-16(20)14-15-18-17(23-18)12-9-6-5-7-10-13-19(21)22-2/h14-15,17-18H,3-13H2,1-2H3. The van der Waals surface area contributed by atoms with Crippen molar-refractivity contribution >= 4 is 11.8 Å². The summed E-state index contributed by atoms with van der Waals surface area (Å²) in [4.78, 5) is 22.6. The molecule has 1 heterocycles. The van der Waals surface area contributed by atoms with Crippen LogP contribution in [-0.2, 0) is 19.1 Å². The maximum absolute atomic E-state index is 11.6. The number of unbranched alkanes of at least 4 members (excludes halogenated alkanes) is 6. The lowest BCUT2D eigenvalue weighted by Gasteiger charge is -2.00. The molecule has 0 saturated carbocycles. The van der Waals surface area contributed by atoms with Gasteiger partial charge in [0, 0.05) is 12.8 Å². The van der Waals surface area contributed by atoms with E-state index in [2.05, 4.69) is 11.7 Å². The molecular weight excluding hydrogens is 292 g/mol. The molecule has 0 aromatic heterocycles. The van der Waals surface area contributed by atoms with Crippen LogP contribution in [0.5, 0.6) is 0 Å². The quantitative estimate of drug-likeness (QED) is 0.206. The minimum absolute atomic E-state index is 0.116. The van der Waals surface area contributed by atoms with Crippen molar-refractivity contribution in [3.63, 3.8) is 0 Å². The summed E-state index contributed by atoms with van der Waals surface area (Å²) in [6.45, 7) is 2.14. The molecule has 1 rings (SSSR count). The molecule has 23 heavy (non-hydrogen) atoms. The molecule has 0 N–H and O–H groups in total. The molecule has 0 bridgehead atoms. The molecule has 1 aliphatic heterocycles. The van der Waals surface area contributed by atoms with Crippen molar-refractivity contribution in [1.29, 1.82) is 0 Å². The van der Waals surface area contributed by atoms with Crippen LogP contribution in [0.4, 0.5) is 0 Å². The zero-order chi connectivity index (χ0) is 16.9. The van der Waals surface area contributed by atoms with Crippen molar-refractivity contribution in [2.24, 2.45) is 0 Å². The van der Waals surface area contributed by atoms with Gasteiger partial charge in [-0.3, -0.25) is 9.59 Å². The minimum atomic E-state index is -0.116. The van der Waals surface area contributed by atoms with Crippen LogP contribution >= 0.6 is 0 Å². The van der Waals surface area contributed by atoms with Crippen molar-refractivity contribution in [1.82, 2.24) is 0 Å². The molecule has 4 nitrogen and oxygen atoms in total. The number of epoxide rings is 1. The lowest BCUT2D eigenvalue weighted by atomic mass is 10.1. The highest BCUT2D eigenvalue weighted by Gasteiger charge is 2.35. The second kappa shape index (κ2) is 12.3. The van der Waals surface area contributed by atoms with E-state index in [1.807, 2.05) is 6.08 Å². The number of ketones is 1. The first-order valence-electron chi connectivity index (χ1n) is 9.10. The first-order chi connectivity index (χ1) is 11.2. The normalized spacial score (nSPS) is 19.9. The minimum Gasteiger partial charge on any atom is -0.469 e. The predicted octanol–water partition coefficient (Wildman–Crippen LogP) is 4.36. The Hall–Kier alpha value is -1.16. The smallest absolute Gasteiger partial charge is 0.305 e. The number of rotatable bonds is 14. The Morgan fingerprint density at radius 2 is 1.70 bits per heavy atom. The van der Waals surface area contributed by atoms with E-state index in [1.54, 1.807) is 6.08 Å². The van der Waals surface area contributed by atoms with Crippen LogP contribution in [0.2, 0.25) is 0 Å². The molecule has 0 aliphatic carbocycles. The average molecular weight is 324 g/mol. The molecule has 0 aromatic carbocycles. The fourth-order valence-electron chi connectivity index (χ4n) is 2.64. The third kappa shape index (κ3) is 10.3. The fourth-order valence-corrected chi connectivity index (χ4v) is 2.64. The summed E-state index contributed by atoms with van der Waals surface area (Å²) in [5.74, 6) is 0.105. The topological polar surface area (TPSA) is 55.9 Å². The Kier molecular flexibility index (Phi) is 10.6. The molecule has 1 aliphatic rings. The van der Waals surface area contributed by atoms with E-state index in [0.29, 0.717) is 18.9 Å². The third-order valence-corrected chi connectivity index (χ3v) is 4.22. The van der Waals surface area contributed by atoms with Crippen molar-refractivity contribution < 1.29 is 19.1 Å². The van der Waals surface area contributed by atoms with E-state index in [4.69, 9.17) is 4.74 Å². The molecule has 4 heteroatoms. The van der Waals surface area contributed by atoms with E-state index >= 15 is 0 Å². The Morgan fingerprint density at radius 1 is 1.00 bits per heavy atom. The van der Waals surface area contributed by atoms with Crippen molar-refractivity contribution in [2.75, 3.05) is 7.11 Å². The molecule has 0 spiro atoms. The number of ether oxygens (including phenoxy) is 2. The highest BCUT2D eigenvalue weighted by molar-refractivity contribution is 5.89. The zero-order valence-corrected chi connectivity index (χ0v) is 14.7. The number of esters is 1. The van der Waals surface area contributed by atoms with Crippen LogP contribution in [-0.4, -0.2) is 31.1 Å². The first kappa shape index (κ1) is 19.9. The monoisotopic (exact) mass is 324 g/mol. The number of allylic oxidation sites excluding steroid dienone is 1. The van der Waals surface area contributed by atoms with Gasteiger partial charge in [-0.15, -0.1) is 0 Å². The van der Waals surface area contributed by atoms with Crippen LogP contribution in [0, 0.1) is 0 Å². The number of methoxy groups -OCH3 is 1. The number of carbonyl (C=O) groups is 2. The second-order valence-electron chi connectivity index (χ2n) is 6.30. The van der Waals surface area contributed by atoms with Gasteiger partial charge >= 0.3 is 5.97 Å². The third-order valence-electron chi connectivity index (χ3n) is 4.22. The molecule has 0 amide bonds. The largest absolute Gasteiger partial charge is 0.469 e. The fraction of sp³-hybridized carbons (Fsp3) is 0.789. The van der Waals surface area contributed by atoms with Gasteiger partial charge in [0.25, 0.3) is 0 Å². The molecule has 2 atom stereocenters. The van der Waals surface area contributed by atoms with E-state index in [9.17, 15) is 9.59 Å². The van der Waals surface area contributed by atoms with Crippen molar-refractivity contribution in [3.8, 4) is 0 Å². The van der Waals surface area contributed by atoms with Gasteiger partial charge in [-0.25, -0.2) is 0 Å². The van der Waals surface area contributed by atoms with E-state index in [0.717, 1.165) is 51.4 Å². The van der Waals surface area contributed by atoms with E-state index in [-0.39, 0.29) is 17.9 Å². The summed E-state index contributed by atoms with van der Waals surface area (Å²) in [5, 5.41) is 0. The van der Waals surface area contributed by atoms with Crippen LogP contribution < -0.4 is 0 Å². The Balaban J connectivity index is 1.92. The second-order valence-corrected chi connectivity index (χ2v) is 6.30. The SMILES string of the molecule is CCCCCC(=O)C=CC1OC1CCCCCCCC(=O)OC. The van der Waals surface area contributed by atoms with Gasteiger partial charge in [-0.2, -0.15) is 0 Å². The van der Waals surface area contributed by atoms with Gasteiger partial charge in [0.15, 0.2) is 5.78 Å². The summed E-state index contributed by atoms with van der Waals surface area (Å²) >= 11 is 0. The van der Waals surface area contributed by atoms with Gasteiger partial charge in [0.1, 0.15) is 6.10 Å². The van der Waals surface area contributed by atoms with Gasteiger partial charge in [0.05, 0.1) is 13.2 Å². The molecule has 1 fully saturated rings. The number of hydrogen-bond acceptors (Lipinski definition) is 4. The van der Waals surface area contributed by atoms with Crippen LogP contribution in [0.3, 0.4) is 0 Å². The van der Waals surface area contributed by atoms with Crippen molar-refractivity contribution in [3.05, 3.63) is 12.2 Å². The van der Waals surface area contributed by atoms with E-state index in [1.165, 1.54) is 13.5 Å². The summed E-state index contributed by atoms with van der Waals surface area (Å²) in [6, 6.07) is 0. The molecule has 0 radical (unpaired) electrons. The van der Waals surface area contributed by atoms with E-state index < -0.39 is 0 Å².